The lowest BCUT2D eigenvalue weighted by Gasteiger charge is -2.30. The summed E-state index contributed by atoms with van der Waals surface area (Å²) in [6.07, 6.45) is -2.65. The molecule has 0 bridgehead atoms. The van der Waals surface area contributed by atoms with Crippen molar-refractivity contribution in [1.82, 2.24) is 24.5 Å². The van der Waals surface area contributed by atoms with Crippen molar-refractivity contribution < 1.29 is 31.8 Å². The Morgan fingerprint density at radius 3 is 2.71 bits per heavy atom. The van der Waals surface area contributed by atoms with Gasteiger partial charge in [0.05, 0.1) is 5.52 Å². The Morgan fingerprint density at radius 1 is 1.18 bits per heavy atom. The van der Waals surface area contributed by atoms with Gasteiger partial charge >= 0.3 is 12.1 Å². The number of rotatable bonds is 7. The van der Waals surface area contributed by atoms with Crippen LogP contribution in [0.25, 0.3) is 28.1 Å². The van der Waals surface area contributed by atoms with Gasteiger partial charge in [-0.05, 0) is 30.2 Å². The van der Waals surface area contributed by atoms with Crippen molar-refractivity contribution in [3.63, 3.8) is 0 Å². The number of likely N-dealkylation sites (tertiary alicyclic amines) is 1. The molecule has 3 aromatic heterocycles. The first-order chi connectivity index (χ1) is 18.1. The quantitative estimate of drug-likeness (QED) is 0.218. The van der Waals surface area contributed by atoms with Gasteiger partial charge in [0, 0.05) is 43.7 Å². The maximum Gasteiger partial charge on any atom is 0.408 e. The Hall–Kier alpha value is -3.84. The number of benzene rings is 1. The number of nitrogens with zero attached hydrogens (tertiary/aromatic N) is 5. The van der Waals surface area contributed by atoms with Crippen LogP contribution in [0.1, 0.15) is 24.9 Å². The van der Waals surface area contributed by atoms with Crippen LogP contribution in [0.5, 0.6) is 5.75 Å². The third-order valence-electron chi connectivity index (χ3n) is 6.29. The molecular formula is C25H24F4N6O3. The van der Waals surface area contributed by atoms with Crippen molar-refractivity contribution in [3.8, 4) is 17.3 Å². The van der Waals surface area contributed by atoms with Gasteiger partial charge in [0.25, 0.3) is 0 Å². The molecule has 4 aromatic rings. The summed E-state index contributed by atoms with van der Waals surface area (Å²) in [5.41, 5.74) is 6.95. The van der Waals surface area contributed by atoms with Crippen LogP contribution in [0.15, 0.2) is 42.6 Å². The topological polar surface area (TPSA) is 108 Å². The van der Waals surface area contributed by atoms with E-state index in [4.69, 9.17) is 15.2 Å². The fourth-order valence-corrected chi connectivity index (χ4v) is 4.60. The van der Waals surface area contributed by atoms with Crippen LogP contribution >= 0.6 is 0 Å². The van der Waals surface area contributed by atoms with E-state index in [9.17, 15) is 22.4 Å². The van der Waals surface area contributed by atoms with Gasteiger partial charge in [-0.3, -0.25) is 14.1 Å². The number of hydrogen-bond donors (Lipinski definition) is 1. The molecule has 0 radical (unpaired) electrons. The predicted molar refractivity (Wildman–Crippen MR) is 129 cm³/mol. The lowest BCUT2D eigenvalue weighted by molar-refractivity contribution is -0.183. The molecule has 0 amide bonds. The summed E-state index contributed by atoms with van der Waals surface area (Å²) < 4.78 is 68.5. The summed E-state index contributed by atoms with van der Waals surface area (Å²) in [7, 11) is 0. The third kappa shape index (κ3) is 5.24. The van der Waals surface area contributed by atoms with Crippen LogP contribution < -0.4 is 10.5 Å². The average Bonchev–Trinajstić information content (AvgIpc) is 3.46. The fourth-order valence-electron chi connectivity index (χ4n) is 4.60. The molecule has 38 heavy (non-hydrogen) atoms. The monoisotopic (exact) mass is 532 g/mol. The van der Waals surface area contributed by atoms with E-state index < -0.39 is 24.0 Å². The van der Waals surface area contributed by atoms with Gasteiger partial charge in [-0.2, -0.15) is 13.2 Å². The zero-order valence-electron chi connectivity index (χ0n) is 20.3. The summed E-state index contributed by atoms with van der Waals surface area (Å²) in [6, 6.07) is 6.60. The highest BCUT2D eigenvalue weighted by atomic mass is 19.4. The van der Waals surface area contributed by atoms with Crippen LogP contribution in [0.2, 0.25) is 0 Å². The SMILES string of the molecule is CC(=O)OCCOc1cc2nc(-c3nnc4ccc([C@@H](N5CC[C@H](N)C5)C(F)(F)F)cn34)ccc2cc1F. The predicted octanol–water partition coefficient (Wildman–Crippen LogP) is 3.66. The largest absolute Gasteiger partial charge is 0.487 e. The lowest BCUT2D eigenvalue weighted by atomic mass is 10.1. The van der Waals surface area contributed by atoms with Crippen LogP contribution in [0.4, 0.5) is 17.6 Å². The van der Waals surface area contributed by atoms with E-state index in [0.717, 1.165) is 0 Å². The zero-order chi connectivity index (χ0) is 27.0. The molecule has 5 rings (SSSR count). The molecule has 1 saturated heterocycles. The van der Waals surface area contributed by atoms with Crippen molar-refractivity contribution in [1.29, 1.82) is 0 Å². The Labute approximate surface area is 214 Å². The maximum absolute atomic E-state index is 14.5. The molecule has 9 nitrogen and oxygen atoms in total. The van der Waals surface area contributed by atoms with E-state index in [0.29, 0.717) is 28.7 Å². The summed E-state index contributed by atoms with van der Waals surface area (Å²) in [5, 5.41) is 8.70. The van der Waals surface area contributed by atoms with E-state index in [2.05, 4.69) is 15.2 Å². The highest BCUT2D eigenvalue weighted by Crippen LogP contribution is 2.39. The summed E-state index contributed by atoms with van der Waals surface area (Å²) >= 11 is 0. The van der Waals surface area contributed by atoms with Crippen molar-refractivity contribution in [2.75, 3.05) is 26.3 Å². The van der Waals surface area contributed by atoms with Gasteiger partial charge in [0.2, 0.25) is 0 Å². The van der Waals surface area contributed by atoms with Gasteiger partial charge in [0.1, 0.15) is 24.9 Å². The highest BCUT2D eigenvalue weighted by Gasteiger charge is 2.46. The molecule has 0 saturated carbocycles. The fraction of sp³-hybridized carbons (Fsp3) is 0.360. The number of carbonyl (C=O) groups excluding carboxylic acids is 1. The number of ether oxygens (including phenoxy) is 2. The molecule has 4 heterocycles. The second-order valence-corrected chi connectivity index (χ2v) is 9.06. The highest BCUT2D eigenvalue weighted by molar-refractivity contribution is 5.82. The Balaban J connectivity index is 1.49. The minimum Gasteiger partial charge on any atom is -0.487 e. The van der Waals surface area contributed by atoms with Crippen molar-refractivity contribution in [2.45, 2.75) is 31.6 Å². The number of hydrogen-bond acceptors (Lipinski definition) is 8. The minimum atomic E-state index is -4.51. The van der Waals surface area contributed by atoms with Crippen LogP contribution in [-0.4, -0.2) is 69.0 Å². The molecule has 1 aliphatic rings. The van der Waals surface area contributed by atoms with E-state index >= 15 is 0 Å². The molecule has 0 spiro atoms. The number of halogens is 4. The Kier molecular flexibility index (Phi) is 6.88. The maximum atomic E-state index is 14.5. The average molecular weight is 532 g/mol. The van der Waals surface area contributed by atoms with Gasteiger partial charge in [0.15, 0.2) is 23.0 Å². The van der Waals surface area contributed by atoms with Crippen molar-refractivity contribution >= 4 is 22.5 Å². The number of pyridine rings is 2. The Morgan fingerprint density at radius 2 is 2.00 bits per heavy atom. The standard InChI is InChI=1S/C25H24F4N6O3/c1-14(36)37-8-9-38-21-11-20-15(10-18(21)26)2-4-19(31-20)24-33-32-22-5-3-16(12-35(22)24)23(25(27,28)29)34-7-6-17(30)13-34/h2-5,10-12,17,23H,6-9,13,30H2,1H3/t17-,23+/m0/s1. The normalized spacial score (nSPS) is 17.3. The molecule has 13 heteroatoms. The minimum absolute atomic E-state index is 0.0338. The molecule has 1 aromatic carbocycles. The second kappa shape index (κ2) is 10.1. The second-order valence-electron chi connectivity index (χ2n) is 9.06. The van der Waals surface area contributed by atoms with Crippen molar-refractivity contribution in [3.05, 3.63) is 54.0 Å². The van der Waals surface area contributed by atoms with Gasteiger partial charge in [-0.25, -0.2) is 9.37 Å². The first kappa shape index (κ1) is 25.8. The molecule has 1 fully saturated rings. The summed E-state index contributed by atoms with van der Waals surface area (Å²) in [4.78, 5) is 16.8. The first-order valence-electron chi connectivity index (χ1n) is 11.9. The smallest absolute Gasteiger partial charge is 0.408 e. The molecular weight excluding hydrogens is 508 g/mol. The van der Waals surface area contributed by atoms with Crippen LogP contribution in [0, 0.1) is 5.82 Å². The molecule has 1 aliphatic heterocycles. The molecule has 2 atom stereocenters. The number of fused-ring (bicyclic) bond motifs is 2. The van der Waals surface area contributed by atoms with Crippen molar-refractivity contribution in [2.24, 2.45) is 5.73 Å². The van der Waals surface area contributed by atoms with Gasteiger partial charge < -0.3 is 15.2 Å². The molecule has 2 N–H and O–H groups in total. The van der Waals surface area contributed by atoms with E-state index in [1.807, 2.05) is 0 Å². The number of nitrogens with two attached hydrogens (primary N) is 1. The summed E-state index contributed by atoms with van der Waals surface area (Å²) in [6.45, 7) is 1.54. The zero-order valence-corrected chi connectivity index (χ0v) is 20.3. The Bertz CT molecular complexity index is 1490. The van der Waals surface area contributed by atoms with E-state index in [-0.39, 0.29) is 49.5 Å². The van der Waals surface area contributed by atoms with E-state index in [1.54, 1.807) is 12.1 Å². The molecule has 200 valence electrons. The number of alkyl halides is 3. The number of esters is 1. The van der Waals surface area contributed by atoms with Crippen LogP contribution in [0.3, 0.4) is 0 Å². The summed E-state index contributed by atoms with van der Waals surface area (Å²) in [5.74, 6) is -0.954. The lowest BCUT2D eigenvalue weighted by Crippen LogP contribution is -2.38. The molecule has 0 unspecified atom stereocenters. The van der Waals surface area contributed by atoms with E-state index in [1.165, 1.54) is 46.7 Å². The number of carbonyl (C=O) groups is 1. The van der Waals surface area contributed by atoms with Crippen LogP contribution in [-0.2, 0) is 9.53 Å². The first-order valence-corrected chi connectivity index (χ1v) is 11.9. The molecule has 0 aliphatic carbocycles. The number of aromatic nitrogens is 4. The van der Waals surface area contributed by atoms with Gasteiger partial charge in [-0.1, -0.05) is 12.1 Å². The van der Waals surface area contributed by atoms with Gasteiger partial charge in [-0.15, -0.1) is 10.2 Å². The third-order valence-corrected chi connectivity index (χ3v) is 6.29.